The largest absolute Gasteiger partial charge is 0.381 e. The number of hydrogen-bond acceptors (Lipinski definition) is 6. The molecule has 3 N–H and O–H groups in total. The van der Waals surface area contributed by atoms with Crippen LogP contribution in [0.2, 0.25) is 0 Å². The number of amides is 1. The molecular formula is C10H16N4O2S. The van der Waals surface area contributed by atoms with Crippen molar-refractivity contribution < 1.29 is 9.53 Å². The first kappa shape index (κ1) is 12.3. The molecule has 1 aliphatic rings. The van der Waals surface area contributed by atoms with E-state index in [4.69, 9.17) is 10.5 Å². The fourth-order valence-corrected chi connectivity index (χ4v) is 2.26. The summed E-state index contributed by atoms with van der Waals surface area (Å²) in [6.45, 7) is 4.31. The number of hydrogen-bond donors (Lipinski definition) is 2. The summed E-state index contributed by atoms with van der Waals surface area (Å²) in [4.78, 5) is 11.8. The van der Waals surface area contributed by atoms with Gasteiger partial charge in [0.2, 0.25) is 10.1 Å². The molecule has 94 valence electrons. The van der Waals surface area contributed by atoms with E-state index in [1.54, 1.807) is 0 Å². The fourth-order valence-electron chi connectivity index (χ4n) is 1.74. The minimum Gasteiger partial charge on any atom is -0.381 e. The van der Waals surface area contributed by atoms with Crippen LogP contribution < -0.4 is 11.1 Å². The first-order valence-corrected chi connectivity index (χ1v) is 6.36. The summed E-state index contributed by atoms with van der Waals surface area (Å²) in [5.41, 5.74) is 5.54. The first-order valence-electron chi connectivity index (χ1n) is 5.54. The van der Waals surface area contributed by atoms with Crippen LogP contribution >= 0.6 is 11.3 Å². The van der Waals surface area contributed by atoms with Gasteiger partial charge in [-0.1, -0.05) is 18.3 Å². The van der Waals surface area contributed by atoms with Gasteiger partial charge in [-0.15, -0.1) is 10.2 Å². The second kappa shape index (κ2) is 4.97. The number of carbonyl (C=O) groups excluding carboxylic acids is 1. The van der Waals surface area contributed by atoms with Crippen LogP contribution in [0.15, 0.2) is 0 Å². The number of nitrogens with zero attached hydrogens (tertiary/aromatic N) is 2. The van der Waals surface area contributed by atoms with Crippen LogP contribution in [0.25, 0.3) is 0 Å². The lowest BCUT2D eigenvalue weighted by Gasteiger charge is -2.33. The highest BCUT2D eigenvalue weighted by Crippen LogP contribution is 2.28. The maximum atomic E-state index is 11.8. The summed E-state index contributed by atoms with van der Waals surface area (Å²) in [7, 11) is 0. The second-order valence-electron chi connectivity index (χ2n) is 4.55. The molecule has 7 heteroatoms. The Morgan fingerprint density at radius 3 is 2.82 bits per heavy atom. The lowest BCUT2D eigenvalue weighted by Crippen LogP contribution is -2.39. The summed E-state index contributed by atoms with van der Waals surface area (Å²) in [5.74, 6) is -0.202. The summed E-state index contributed by atoms with van der Waals surface area (Å²) in [6.07, 6.45) is 1.93. The average Bonchev–Trinajstić information content (AvgIpc) is 2.74. The standard InChI is InChI=1S/C10H16N4O2S/c1-10(2-4-16-5-3-10)6-12-7(15)8-13-14-9(11)17-8/h2-6H2,1H3,(H2,11,14)(H,12,15). The van der Waals surface area contributed by atoms with Gasteiger partial charge in [-0.3, -0.25) is 4.79 Å². The van der Waals surface area contributed by atoms with Gasteiger partial charge in [-0.25, -0.2) is 0 Å². The van der Waals surface area contributed by atoms with Gasteiger partial charge in [-0.05, 0) is 18.3 Å². The van der Waals surface area contributed by atoms with Gasteiger partial charge in [0.15, 0.2) is 0 Å². The van der Waals surface area contributed by atoms with Gasteiger partial charge in [0, 0.05) is 19.8 Å². The maximum absolute atomic E-state index is 11.8. The van der Waals surface area contributed by atoms with Crippen molar-refractivity contribution in [3.63, 3.8) is 0 Å². The third-order valence-corrected chi connectivity index (χ3v) is 3.76. The van der Waals surface area contributed by atoms with E-state index in [9.17, 15) is 4.79 Å². The third-order valence-electron chi connectivity index (χ3n) is 3.01. The Kier molecular flexibility index (Phi) is 3.58. The molecule has 17 heavy (non-hydrogen) atoms. The highest BCUT2D eigenvalue weighted by Gasteiger charge is 2.28. The summed E-state index contributed by atoms with van der Waals surface area (Å²) >= 11 is 1.10. The summed E-state index contributed by atoms with van der Waals surface area (Å²) < 4.78 is 5.31. The van der Waals surface area contributed by atoms with Crippen LogP contribution in [0, 0.1) is 5.41 Å². The highest BCUT2D eigenvalue weighted by molar-refractivity contribution is 7.16. The molecule has 1 aromatic heterocycles. The van der Waals surface area contributed by atoms with Crippen molar-refractivity contribution in [2.45, 2.75) is 19.8 Å². The molecule has 0 bridgehead atoms. The number of nitrogen functional groups attached to an aromatic ring is 1. The van der Waals surface area contributed by atoms with Crippen molar-refractivity contribution in [1.82, 2.24) is 15.5 Å². The van der Waals surface area contributed by atoms with Gasteiger partial charge in [0.1, 0.15) is 0 Å². The number of nitrogens with one attached hydrogen (secondary N) is 1. The molecule has 6 nitrogen and oxygen atoms in total. The fraction of sp³-hybridized carbons (Fsp3) is 0.700. The predicted octanol–water partition coefficient (Wildman–Crippen LogP) is 0.667. The van der Waals surface area contributed by atoms with Gasteiger partial charge in [0.25, 0.3) is 5.91 Å². The average molecular weight is 256 g/mol. The molecule has 2 heterocycles. The number of carbonyl (C=O) groups is 1. The molecule has 1 saturated heterocycles. The molecule has 0 atom stereocenters. The predicted molar refractivity (Wildman–Crippen MR) is 64.8 cm³/mol. The first-order chi connectivity index (χ1) is 8.09. The quantitative estimate of drug-likeness (QED) is 0.829. The van der Waals surface area contributed by atoms with Crippen LogP contribution in [-0.4, -0.2) is 35.9 Å². The minimum atomic E-state index is -0.202. The minimum absolute atomic E-state index is 0.115. The monoisotopic (exact) mass is 256 g/mol. The third kappa shape index (κ3) is 3.13. The van der Waals surface area contributed by atoms with Crippen LogP contribution in [0.3, 0.4) is 0 Å². The zero-order valence-corrected chi connectivity index (χ0v) is 10.5. The smallest absolute Gasteiger partial charge is 0.282 e. The van der Waals surface area contributed by atoms with Crippen molar-refractivity contribution in [1.29, 1.82) is 0 Å². The number of aromatic nitrogens is 2. The molecule has 0 aromatic carbocycles. The van der Waals surface area contributed by atoms with Crippen molar-refractivity contribution in [2.24, 2.45) is 5.41 Å². The van der Waals surface area contributed by atoms with E-state index in [2.05, 4.69) is 22.4 Å². The Morgan fingerprint density at radius 1 is 1.53 bits per heavy atom. The van der Waals surface area contributed by atoms with Gasteiger partial charge >= 0.3 is 0 Å². The zero-order chi connectivity index (χ0) is 12.3. The van der Waals surface area contributed by atoms with Gasteiger partial charge in [0.05, 0.1) is 0 Å². The molecule has 0 spiro atoms. The van der Waals surface area contributed by atoms with E-state index in [1.165, 1.54) is 0 Å². The number of nitrogens with two attached hydrogens (primary N) is 1. The van der Waals surface area contributed by atoms with Crippen molar-refractivity contribution >= 4 is 22.4 Å². The Hall–Kier alpha value is -1.21. The van der Waals surface area contributed by atoms with E-state index >= 15 is 0 Å². The zero-order valence-electron chi connectivity index (χ0n) is 9.73. The molecule has 2 rings (SSSR count). The molecule has 1 aliphatic heterocycles. The SMILES string of the molecule is CC1(CNC(=O)c2nnc(N)s2)CCOCC1. The molecule has 0 unspecified atom stereocenters. The van der Waals surface area contributed by atoms with Crippen molar-refractivity contribution in [3.8, 4) is 0 Å². The molecule has 0 aliphatic carbocycles. The van der Waals surface area contributed by atoms with Crippen molar-refractivity contribution in [2.75, 3.05) is 25.5 Å². The Balaban J connectivity index is 1.87. The topological polar surface area (TPSA) is 90.1 Å². The molecule has 0 radical (unpaired) electrons. The number of ether oxygens (including phenoxy) is 1. The molecule has 1 fully saturated rings. The number of rotatable bonds is 3. The summed E-state index contributed by atoms with van der Waals surface area (Å²) in [5, 5.41) is 10.8. The normalized spacial score (nSPS) is 18.9. The van der Waals surface area contributed by atoms with E-state index in [-0.39, 0.29) is 11.3 Å². The van der Waals surface area contributed by atoms with Crippen LogP contribution in [-0.2, 0) is 4.74 Å². The second-order valence-corrected chi connectivity index (χ2v) is 5.56. The lowest BCUT2D eigenvalue weighted by atomic mass is 9.82. The maximum Gasteiger partial charge on any atom is 0.282 e. The van der Waals surface area contributed by atoms with E-state index in [0.29, 0.717) is 16.7 Å². The molecule has 0 saturated carbocycles. The highest BCUT2D eigenvalue weighted by atomic mass is 32.1. The Bertz CT molecular complexity index is 401. The van der Waals surface area contributed by atoms with Crippen LogP contribution in [0.4, 0.5) is 5.13 Å². The summed E-state index contributed by atoms with van der Waals surface area (Å²) in [6, 6.07) is 0. The van der Waals surface area contributed by atoms with E-state index in [1.807, 2.05) is 0 Å². The van der Waals surface area contributed by atoms with Gasteiger partial charge < -0.3 is 15.8 Å². The van der Waals surface area contributed by atoms with Crippen LogP contribution in [0.5, 0.6) is 0 Å². The molecule has 1 amide bonds. The van der Waals surface area contributed by atoms with Gasteiger partial charge in [-0.2, -0.15) is 0 Å². The Labute approximate surface area is 104 Å². The lowest BCUT2D eigenvalue weighted by molar-refractivity contribution is 0.0238. The number of anilines is 1. The molecular weight excluding hydrogens is 240 g/mol. The Morgan fingerprint density at radius 2 is 2.24 bits per heavy atom. The van der Waals surface area contributed by atoms with Crippen LogP contribution in [0.1, 0.15) is 29.6 Å². The molecule has 1 aromatic rings. The van der Waals surface area contributed by atoms with E-state index in [0.717, 1.165) is 37.4 Å². The van der Waals surface area contributed by atoms with Crippen molar-refractivity contribution in [3.05, 3.63) is 5.01 Å². The van der Waals surface area contributed by atoms with E-state index < -0.39 is 0 Å².